The highest BCUT2D eigenvalue weighted by Crippen LogP contribution is 2.38. The first-order valence-electron chi connectivity index (χ1n) is 34.5. The van der Waals surface area contributed by atoms with Crippen LogP contribution in [0.5, 0.6) is 0 Å². The van der Waals surface area contributed by atoms with E-state index < -0.39 is 32.5 Å². The molecule has 0 saturated carbocycles. The number of unbranched alkanes of at least 4 members (excludes halogenated alkanes) is 17. The highest BCUT2D eigenvalue weighted by molar-refractivity contribution is 7.45. The summed E-state index contributed by atoms with van der Waals surface area (Å²) in [6, 6.07) is 0. The number of allylic oxidation sites excluding steroid dienone is 30. The van der Waals surface area contributed by atoms with E-state index in [2.05, 4.69) is 196 Å². The van der Waals surface area contributed by atoms with Crippen LogP contribution in [0.4, 0.5) is 0 Å². The number of phosphoric ester groups is 1. The molecule has 2 atom stereocenters. The van der Waals surface area contributed by atoms with Crippen LogP contribution in [0.3, 0.4) is 0 Å². The monoisotopic (exact) mass is 1240 g/mol. The largest absolute Gasteiger partial charge is 0.756 e. The number of quaternary nitrogens is 1. The maximum Gasteiger partial charge on any atom is 0.306 e. The molecule has 0 radical (unpaired) electrons. The molecule has 0 N–H and O–H groups in total. The predicted octanol–water partition coefficient (Wildman–Crippen LogP) is 22.1. The SMILES string of the molecule is CC/C=C\C/C=C\C/C=C\C/C=C\C/C=C\C/C=C\C/C=C\C/C=C\C/C=C\CCCCCCCC(=O)OC(COC(=O)CCCCCCCCCCCCCC/C=C\C/C=C\C/C=C\C/C=C\C/C=C\C/C=C\CC)COP(=O)([O-])OCC[N+](C)(C)C. The zero-order chi connectivity index (χ0) is 64.1. The van der Waals surface area contributed by atoms with Gasteiger partial charge >= 0.3 is 11.9 Å². The molecule has 0 amide bonds. The van der Waals surface area contributed by atoms with Gasteiger partial charge in [-0.2, -0.15) is 0 Å². The van der Waals surface area contributed by atoms with Crippen molar-refractivity contribution >= 4 is 19.8 Å². The first kappa shape index (κ1) is 83.1. The minimum absolute atomic E-state index is 0.0452. The topological polar surface area (TPSA) is 111 Å². The van der Waals surface area contributed by atoms with Crippen LogP contribution in [0.25, 0.3) is 0 Å². The van der Waals surface area contributed by atoms with Gasteiger partial charge in [0.1, 0.15) is 19.8 Å². The minimum atomic E-state index is -4.66. The lowest BCUT2D eigenvalue weighted by atomic mass is 10.0. The number of hydrogen-bond acceptors (Lipinski definition) is 8. The van der Waals surface area contributed by atoms with Crippen molar-refractivity contribution in [3.8, 4) is 0 Å². The second kappa shape index (κ2) is 66.5. The number of rotatable bonds is 61. The summed E-state index contributed by atoms with van der Waals surface area (Å²) in [6.07, 6.45) is 102. The van der Waals surface area contributed by atoms with Crippen molar-refractivity contribution in [1.82, 2.24) is 0 Å². The van der Waals surface area contributed by atoms with Gasteiger partial charge in [-0.1, -0.05) is 280 Å². The third kappa shape index (κ3) is 70.2. The smallest absolute Gasteiger partial charge is 0.306 e. The number of hydrogen-bond donors (Lipinski definition) is 0. The third-order valence-corrected chi connectivity index (χ3v) is 14.9. The molecule has 9 nitrogen and oxygen atoms in total. The molecule has 0 aliphatic heterocycles. The Hall–Kier alpha value is -4.89. The molecule has 0 aromatic heterocycles. The van der Waals surface area contributed by atoms with Gasteiger partial charge in [0.2, 0.25) is 0 Å². The standard InChI is InChI=1S/C78H126NO8P/c1-6-8-10-12-14-16-18-20-22-24-26-28-30-32-34-36-38-39-41-43-45-47-49-51-53-55-57-59-61-63-65-67-69-71-78(81)87-76(75-86-88(82,83)85-73-72-79(3,4)5)74-84-77(80)70-68-66-64-62-60-58-56-54-52-50-48-46-44-42-40-37-35-33-31-29-27-25-23-21-19-17-15-13-11-9-7-2/h8-11,14-17,20-23,26-29,32-35,38-40,42-43,45,49,51,55,57,76H,6-7,12-13,18-19,24-25,30-31,36-37,41,44,46-48,50,52-54,56,58-75H2,1-5H3/b10-8-,11-9-,16-14-,17-15-,22-20-,23-21-,28-26-,29-27-,34-32-,35-33-,39-38-,42-40-,45-43-,51-49-,57-55-. The number of phosphoric acid groups is 1. The van der Waals surface area contributed by atoms with Crippen molar-refractivity contribution in [1.29, 1.82) is 0 Å². The Balaban J connectivity index is 4.19. The Labute approximate surface area is 540 Å². The van der Waals surface area contributed by atoms with Crippen molar-refractivity contribution in [2.45, 2.75) is 251 Å². The van der Waals surface area contributed by atoms with Gasteiger partial charge in [0.15, 0.2) is 6.10 Å². The summed E-state index contributed by atoms with van der Waals surface area (Å²) in [5.74, 6) is -0.869. The van der Waals surface area contributed by atoms with Gasteiger partial charge < -0.3 is 27.9 Å². The number of carbonyl (C=O) groups excluding carboxylic acids is 2. The average molecular weight is 1240 g/mol. The highest BCUT2D eigenvalue weighted by atomic mass is 31.2. The Morgan fingerprint density at radius 2 is 0.614 bits per heavy atom. The van der Waals surface area contributed by atoms with Crippen molar-refractivity contribution in [3.63, 3.8) is 0 Å². The fraction of sp³-hybridized carbons (Fsp3) is 0.590. The zero-order valence-corrected chi connectivity index (χ0v) is 57.2. The second-order valence-electron chi connectivity index (χ2n) is 23.4. The molecular formula is C78H126NO8P. The van der Waals surface area contributed by atoms with E-state index in [1.165, 1.54) is 57.8 Å². The number of ether oxygens (including phenoxy) is 2. The lowest BCUT2D eigenvalue weighted by Crippen LogP contribution is -2.37. The lowest BCUT2D eigenvalue weighted by molar-refractivity contribution is -0.870. The van der Waals surface area contributed by atoms with Crippen LogP contribution in [0.1, 0.15) is 245 Å². The van der Waals surface area contributed by atoms with Crippen LogP contribution in [-0.4, -0.2) is 70.0 Å². The van der Waals surface area contributed by atoms with Crippen LogP contribution in [0, 0.1) is 0 Å². The summed E-state index contributed by atoms with van der Waals surface area (Å²) in [5.41, 5.74) is 0. The summed E-state index contributed by atoms with van der Waals surface area (Å²) in [4.78, 5) is 38.1. The molecule has 10 heteroatoms. The normalized spacial score (nSPS) is 14.3. The molecule has 0 aromatic carbocycles. The van der Waals surface area contributed by atoms with Gasteiger partial charge in [0.25, 0.3) is 7.82 Å². The van der Waals surface area contributed by atoms with Gasteiger partial charge in [-0.05, 0) is 135 Å². The molecule has 0 saturated heterocycles. The fourth-order valence-corrected chi connectivity index (χ4v) is 9.44. The summed E-state index contributed by atoms with van der Waals surface area (Å²) in [6.45, 7) is 3.97. The van der Waals surface area contributed by atoms with Crippen LogP contribution in [-0.2, 0) is 32.7 Å². The first-order chi connectivity index (χ1) is 43.0. The second-order valence-corrected chi connectivity index (χ2v) is 24.8. The summed E-state index contributed by atoms with van der Waals surface area (Å²) in [7, 11) is 1.13. The number of esters is 2. The van der Waals surface area contributed by atoms with Gasteiger partial charge in [-0.15, -0.1) is 0 Å². The van der Waals surface area contributed by atoms with E-state index in [0.29, 0.717) is 23.9 Å². The molecule has 0 aromatic rings. The van der Waals surface area contributed by atoms with Crippen LogP contribution in [0.15, 0.2) is 182 Å². The van der Waals surface area contributed by atoms with E-state index in [-0.39, 0.29) is 26.1 Å². The van der Waals surface area contributed by atoms with Crippen molar-refractivity contribution in [2.75, 3.05) is 47.5 Å². The molecule has 88 heavy (non-hydrogen) atoms. The van der Waals surface area contributed by atoms with Crippen LogP contribution >= 0.6 is 7.82 Å². The zero-order valence-electron chi connectivity index (χ0n) is 56.3. The van der Waals surface area contributed by atoms with Crippen LogP contribution in [0.2, 0.25) is 0 Å². The number of nitrogens with zero attached hydrogens (tertiary/aromatic N) is 1. The van der Waals surface area contributed by atoms with Gasteiger partial charge in [0.05, 0.1) is 27.7 Å². The quantitative estimate of drug-likeness (QED) is 0.0195. The summed E-state index contributed by atoms with van der Waals surface area (Å²) < 4.78 is 34.3. The molecule has 0 fully saturated rings. The third-order valence-electron chi connectivity index (χ3n) is 13.9. The molecule has 0 aliphatic rings. The lowest BCUT2D eigenvalue weighted by Gasteiger charge is -2.28. The van der Waals surface area contributed by atoms with Gasteiger partial charge in [-0.3, -0.25) is 14.2 Å². The van der Waals surface area contributed by atoms with Crippen molar-refractivity contribution < 1.29 is 42.1 Å². The average Bonchev–Trinajstić information content (AvgIpc) is 3.56. The number of carbonyl (C=O) groups is 2. The molecule has 0 bridgehead atoms. The summed E-state index contributed by atoms with van der Waals surface area (Å²) in [5, 5.41) is 0. The molecular weight excluding hydrogens is 1110 g/mol. The van der Waals surface area contributed by atoms with Crippen molar-refractivity contribution in [2.24, 2.45) is 0 Å². The van der Waals surface area contributed by atoms with Gasteiger partial charge in [-0.25, -0.2) is 0 Å². The predicted molar refractivity (Wildman–Crippen MR) is 378 cm³/mol. The Morgan fingerprint density at radius 3 is 0.909 bits per heavy atom. The maximum atomic E-state index is 12.9. The molecule has 0 rings (SSSR count). The van der Waals surface area contributed by atoms with E-state index in [9.17, 15) is 19.0 Å². The van der Waals surface area contributed by atoms with E-state index >= 15 is 0 Å². The highest BCUT2D eigenvalue weighted by Gasteiger charge is 2.22. The molecule has 0 heterocycles. The maximum absolute atomic E-state index is 12.9. The van der Waals surface area contributed by atoms with Crippen molar-refractivity contribution in [3.05, 3.63) is 182 Å². The van der Waals surface area contributed by atoms with E-state index in [1.807, 2.05) is 21.1 Å². The number of likely N-dealkylation sites (N-methyl/N-ethyl adjacent to an activating group) is 1. The Kier molecular flexibility index (Phi) is 62.8. The van der Waals surface area contributed by atoms with Crippen LogP contribution < -0.4 is 4.89 Å². The summed E-state index contributed by atoms with van der Waals surface area (Å²) >= 11 is 0. The first-order valence-corrected chi connectivity index (χ1v) is 36.0. The molecule has 0 aliphatic carbocycles. The van der Waals surface area contributed by atoms with E-state index in [4.69, 9.17) is 18.5 Å². The van der Waals surface area contributed by atoms with Gasteiger partial charge in [0, 0.05) is 12.8 Å². The Bertz CT molecular complexity index is 2140. The van der Waals surface area contributed by atoms with E-state index in [0.717, 1.165) is 148 Å². The molecule has 2 unspecified atom stereocenters. The molecule has 0 spiro atoms. The molecule has 496 valence electrons. The minimum Gasteiger partial charge on any atom is -0.756 e. The van der Waals surface area contributed by atoms with E-state index in [1.54, 1.807) is 0 Å². The fourth-order valence-electron chi connectivity index (χ4n) is 8.71. The Morgan fingerprint density at radius 1 is 0.352 bits per heavy atom.